The molecule has 14 heteroatoms. The number of rotatable bonds is 11. The number of anilines is 2. The minimum atomic E-state index is -1.08. The molecule has 2 atom stereocenters. The first kappa shape index (κ1) is 46.5. The van der Waals surface area contributed by atoms with Gasteiger partial charge in [-0.2, -0.15) is 10.2 Å². The standard InChI is InChI=1S/C32H30N4O3.C25H24N4O3/c1-22-30-28(19-29(32(37)38)33-31(30)36(34-22)26-11-6-3-7-12-26)24-14-16-25(17-15-24)35-18-8-13-27(20-35)39-21-23-9-4-2-5-10-23;1-16-23-21(17-9-11-18(12-10-17)28-13-5-8-20(30)15-28)14-22(25(31)32)26-24(23)29(27-16)19-6-3-2-4-7-19/h2-7,9-12,14-17,19,27H,8,13,18,20-21H2,1H3,(H,37,38);2-4,6-7,9-12,14,20,30H,5,8,13,15H2,1H3,(H,31,32). The molecule has 0 saturated carbocycles. The predicted molar refractivity (Wildman–Crippen MR) is 276 cm³/mol. The van der Waals surface area contributed by atoms with E-state index in [9.17, 15) is 24.9 Å². The van der Waals surface area contributed by atoms with Crippen molar-refractivity contribution in [3.8, 4) is 33.6 Å². The van der Waals surface area contributed by atoms with Crippen LogP contribution in [0.25, 0.3) is 55.7 Å². The van der Waals surface area contributed by atoms with Gasteiger partial charge in [0.25, 0.3) is 0 Å². The van der Waals surface area contributed by atoms with Crippen LogP contribution in [0.4, 0.5) is 11.4 Å². The molecule has 9 aromatic rings. The van der Waals surface area contributed by atoms with Gasteiger partial charge in [0.05, 0.1) is 52.3 Å². The molecule has 0 spiro atoms. The van der Waals surface area contributed by atoms with E-state index in [4.69, 9.17) is 9.84 Å². The van der Waals surface area contributed by atoms with Gasteiger partial charge >= 0.3 is 11.9 Å². The van der Waals surface area contributed by atoms with Crippen molar-refractivity contribution in [1.82, 2.24) is 29.5 Å². The molecule has 11 rings (SSSR count). The summed E-state index contributed by atoms with van der Waals surface area (Å²) in [5, 5.41) is 40.6. The van der Waals surface area contributed by atoms with Crippen molar-refractivity contribution in [2.75, 3.05) is 36.0 Å². The van der Waals surface area contributed by atoms with E-state index in [1.54, 1.807) is 21.5 Å². The quantitative estimate of drug-likeness (QED) is 0.112. The van der Waals surface area contributed by atoms with Gasteiger partial charge in [-0.25, -0.2) is 28.9 Å². The highest BCUT2D eigenvalue weighted by molar-refractivity contribution is 6.01. The van der Waals surface area contributed by atoms with Crippen LogP contribution in [0.3, 0.4) is 0 Å². The number of piperidine rings is 2. The van der Waals surface area contributed by atoms with Gasteiger partial charge in [0.1, 0.15) is 0 Å². The number of hydrogen-bond acceptors (Lipinski definition) is 10. The van der Waals surface area contributed by atoms with Crippen LogP contribution in [0.5, 0.6) is 0 Å². The number of β-amino-alcohol motifs (C(OH)–C–C–N with tert-alkyl or cyclic N) is 1. The van der Waals surface area contributed by atoms with Gasteiger partial charge in [0, 0.05) is 37.6 Å². The van der Waals surface area contributed by atoms with Crippen molar-refractivity contribution >= 4 is 45.4 Å². The number of aryl methyl sites for hydroxylation is 2. The summed E-state index contributed by atoms with van der Waals surface area (Å²) >= 11 is 0. The zero-order valence-electron chi connectivity index (χ0n) is 39.6. The summed E-state index contributed by atoms with van der Waals surface area (Å²) in [4.78, 5) is 37.3. The van der Waals surface area contributed by atoms with Crippen LogP contribution in [0.1, 0.15) is 63.6 Å². The largest absolute Gasteiger partial charge is 0.477 e. The number of aromatic nitrogens is 6. The number of ether oxygens (including phenoxy) is 1. The molecule has 3 N–H and O–H groups in total. The minimum absolute atomic E-state index is 0.00639. The lowest BCUT2D eigenvalue weighted by atomic mass is 10.00. The van der Waals surface area contributed by atoms with Gasteiger partial charge < -0.3 is 29.9 Å². The van der Waals surface area contributed by atoms with E-state index in [-0.39, 0.29) is 23.6 Å². The Morgan fingerprint density at radius 3 is 1.45 bits per heavy atom. The molecular weight excluding hydrogens is 893 g/mol. The van der Waals surface area contributed by atoms with Crippen molar-refractivity contribution in [2.45, 2.75) is 58.3 Å². The summed E-state index contributed by atoms with van der Waals surface area (Å²) < 4.78 is 9.66. The third-order valence-electron chi connectivity index (χ3n) is 13.3. The molecule has 2 aliphatic heterocycles. The average Bonchev–Trinajstić information content (AvgIpc) is 3.94. The lowest BCUT2D eigenvalue weighted by Crippen LogP contribution is -2.39. The van der Waals surface area contributed by atoms with Crippen LogP contribution >= 0.6 is 0 Å². The number of carboxylic acids is 2. The maximum atomic E-state index is 12.0. The fraction of sp³-hybridized carbons (Fsp3) is 0.228. The monoisotopic (exact) mass is 946 g/mol. The molecule has 5 aromatic carbocycles. The number of nitrogens with zero attached hydrogens (tertiary/aromatic N) is 8. The Balaban J connectivity index is 0.000000167. The van der Waals surface area contributed by atoms with Crippen LogP contribution in [0.2, 0.25) is 0 Å². The Hall–Kier alpha value is -8.20. The van der Waals surface area contributed by atoms with Crippen LogP contribution in [0, 0.1) is 13.8 Å². The van der Waals surface area contributed by atoms with Crippen LogP contribution in [-0.4, -0.2) is 95.2 Å². The van der Waals surface area contributed by atoms with Gasteiger partial charge in [-0.15, -0.1) is 0 Å². The highest BCUT2D eigenvalue weighted by atomic mass is 16.5. The van der Waals surface area contributed by atoms with Gasteiger partial charge in [0.2, 0.25) is 0 Å². The van der Waals surface area contributed by atoms with E-state index < -0.39 is 11.9 Å². The van der Waals surface area contributed by atoms with Crippen LogP contribution < -0.4 is 9.80 Å². The Bertz CT molecular complexity index is 3330. The highest BCUT2D eigenvalue weighted by Gasteiger charge is 2.24. The molecule has 6 heterocycles. The molecule has 2 unspecified atom stereocenters. The fourth-order valence-electron chi connectivity index (χ4n) is 9.74. The molecule has 14 nitrogen and oxygen atoms in total. The topological polar surface area (TPSA) is 172 Å². The summed E-state index contributed by atoms with van der Waals surface area (Å²) in [6.07, 6.45) is 3.82. The first-order chi connectivity index (χ1) is 34.6. The van der Waals surface area contributed by atoms with Crippen molar-refractivity contribution in [1.29, 1.82) is 0 Å². The maximum absolute atomic E-state index is 12.0. The number of aliphatic hydroxyl groups is 1. The highest BCUT2D eigenvalue weighted by Crippen LogP contribution is 2.36. The van der Waals surface area contributed by atoms with E-state index in [1.165, 1.54) is 5.56 Å². The molecule has 2 aliphatic rings. The van der Waals surface area contributed by atoms with Crippen molar-refractivity contribution < 1.29 is 29.6 Å². The first-order valence-corrected chi connectivity index (χ1v) is 24.0. The third-order valence-corrected chi connectivity index (χ3v) is 13.3. The summed E-state index contributed by atoms with van der Waals surface area (Å²) in [6.45, 7) is 7.85. The van der Waals surface area contributed by atoms with E-state index in [0.717, 1.165) is 112 Å². The molecule has 0 amide bonds. The van der Waals surface area contributed by atoms with E-state index in [2.05, 4.69) is 61.3 Å². The Labute approximate surface area is 411 Å². The van der Waals surface area contributed by atoms with E-state index in [0.29, 0.717) is 24.4 Å². The summed E-state index contributed by atoms with van der Waals surface area (Å²) in [6, 6.07) is 49.2. The summed E-state index contributed by atoms with van der Waals surface area (Å²) in [7, 11) is 0. The number of pyridine rings is 2. The molecule has 358 valence electrons. The van der Waals surface area contributed by atoms with Gasteiger partial charge in [-0.05, 0) is 128 Å². The second kappa shape index (κ2) is 20.4. The SMILES string of the molecule is Cc1nn(-c2ccccc2)c2nc(C(=O)O)cc(-c3ccc(N4CCCC(O)C4)cc3)c12.Cc1nn(-c2ccccc2)c2nc(C(=O)O)cc(-c3ccc(N4CCCC(OCc5ccccc5)C4)cc3)c12. The molecule has 0 aliphatic carbocycles. The Kier molecular flexibility index (Phi) is 13.4. The summed E-state index contributed by atoms with van der Waals surface area (Å²) in [5.74, 6) is -2.14. The van der Waals surface area contributed by atoms with E-state index in [1.807, 2.05) is 117 Å². The van der Waals surface area contributed by atoms with Crippen molar-refractivity contribution in [2.24, 2.45) is 0 Å². The maximum Gasteiger partial charge on any atom is 0.354 e. The van der Waals surface area contributed by atoms with Crippen molar-refractivity contribution in [3.63, 3.8) is 0 Å². The molecule has 4 aromatic heterocycles. The van der Waals surface area contributed by atoms with Crippen LogP contribution in [0.15, 0.2) is 152 Å². The molecule has 0 bridgehead atoms. The second-order valence-corrected chi connectivity index (χ2v) is 18.1. The van der Waals surface area contributed by atoms with Gasteiger partial charge in [-0.3, -0.25) is 0 Å². The first-order valence-electron chi connectivity index (χ1n) is 24.0. The predicted octanol–water partition coefficient (Wildman–Crippen LogP) is 10.3. The van der Waals surface area contributed by atoms with Crippen molar-refractivity contribution in [3.05, 3.63) is 180 Å². The normalized spacial score (nSPS) is 15.9. The lowest BCUT2D eigenvalue weighted by Gasteiger charge is -2.34. The number of benzene rings is 5. The molecule has 0 radical (unpaired) electrons. The summed E-state index contributed by atoms with van der Waals surface area (Å²) in [5.41, 5.74) is 11.1. The number of para-hydroxylation sites is 2. The number of aliphatic hydroxyl groups excluding tert-OH is 1. The fourth-order valence-corrected chi connectivity index (χ4v) is 9.74. The zero-order valence-corrected chi connectivity index (χ0v) is 39.6. The zero-order chi connectivity index (χ0) is 49.0. The van der Waals surface area contributed by atoms with Gasteiger partial charge in [0.15, 0.2) is 22.7 Å². The van der Waals surface area contributed by atoms with E-state index >= 15 is 0 Å². The van der Waals surface area contributed by atoms with Crippen LogP contribution in [-0.2, 0) is 11.3 Å². The minimum Gasteiger partial charge on any atom is -0.477 e. The van der Waals surface area contributed by atoms with Gasteiger partial charge in [-0.1, -0.05) is 91.0 Å². The second-order valence-electron chi connectivity index (χ2n) is 18.1. The number of fused-ring (bicyclic) bond motifs is 2. The third kappa shape index (κ3) is 9.98. The number of hydrogen-bond donors (Lipinski definition) is 3. The number of carboxylic acid groups (broad SMARTS) is 2. The Morgan fingerprint density at radius 1 is 0.563 bits per heavy atom. The number of carbonyl (C=O) groups is 2. The smallest absolute Gasteiger partial charge is 0.354 e. The molecule has 2 fully saturated rings. The molecule has 2 saturated heterocycles. The lowest BCUT2D eigenvalue weighted by molar-refractivity contribution is 0.0316. The Morgan fingerprint density at radius 2 is 1.00 bits per heavy atom. The average molecular weight is 947 g/mol. The molecular formula is C57H54N8O6. The molecule has 71 heavy (non-hydrogen) atoms. The number of aromatic carboxylic acids is 2.